The van der Waals surface area contributed by atoms with Crippen molar-refractivity contribution in [3.63, 3.8) is 0 Å². The van der Waals surface area contributed by atoms with Gasteiger partial charge >= 0.3 is 0 Å². The summed E-state index contributed by atoms with van der Waals surface area (Å²) in [6.07, 6.45) is 22.0. The summed E-state index contributed by atoms with van der Waals surface area (Å²) in [5.41, 5.74) is 20.5. The van der Waals surface area contributed by atoms with Crippen molar-refractivity contribution in [3.8, 4) is 22.3 Å². The van der Waals surface area contributed by atoms with Gasteiger partial charge in [-0.05, 0) is 127 Å². The summed E-state index contributed by atoms with van der Waals surface area (Å²) in [4.78, 5) is 2.39. The topological polar surface area (TPSA) is 24.1 Å². The van der Waals surface area contributed by atoms with Crippen molar-refractivity contribution in [3.05, 3.63) is 213 Å². The van der Waals surface area contributed by atoms with Crippen LogP contribution < -0.4 is 10.6 Å². The maximum atomic E-state index is 4.08. The van der Waals surface area contributed by atoms with E-state index in [9.17, 15) is 0 Å². The molecule has 0 fully saturated rings. The molecule has 0 unspecified atom stereocenters. The van der Waals surface area contributed by atoms with Gasteiger partial charge in [0.1, 0.15) is 0 Å². The second kappa shape index (κ2) is 16.4. The summed E-state index contributed by atoms with van der Waals surface area (Å²) in [6.45, 7) is 17.6. The number of hydrogen-bond donors (Lipinski definition) is 2. The summed E-state index contributed by atoms with van der Waals surface area (Å²) in [5, 5.41) is 7.79. The third kappa shape index (κ3) is 7.43. The molecule has 2 aliphatic heterocycles. The molecule has 5 aromatic rings. The average molecular weight is 773 g/mol. The summed E-state index contributed by atoms with van der Waals surface area (Å²) in [7, 11) is 0. The van der Waals surface area contributed by atoms with Gasteiger partial charge in [0.25, 0.3) is 0 Å². The van der Waals surface area contributed by atoms with Crippen LogP contribution in [0.15, 0.2) is 191 Å². The molecular formula is C55H52N2S. The van der Waals surface area contributed by atoms with E-state index in [1.807, 2.05) is 17.8 Å². The molecule has 0 amide bonds. The zero-order valence-electron chi connectivity index (χ0n) is 34.5. The second-order valence-electron chi connectivity index (χ2n) is 16.0. The molecule has 0 spiro atoms. The van der Waals surface area contributed by atoms with Crippen LogP contribution in [0.4, 0.5) is 17.1 Å². The number of para-hydroxylation sites is 2. The van der Waals surface area contributed by atoms with Gasteiger partial charge in [-0.2, -0.15) is 0 Å². The average Bonchev–Trinajstić information content (AvgIpc) is 3.23. The fraction of sp³-hybridized carbons (Fsp3) is 0.164. The lowest BCUT2D eigenvalue weighted by Crippen LogP contribution is -2.26. The van der Waals surface area contributed by atoms with Crippen LogP contribution in [0, 0.1) is 6.92 Å². The fourth-order valence-corrected chi connectivity index (χ4v) is 9.85. The molecule has 0 saturated carbocycles. The zero-order chi connectivity index (χ0) is 40.4. The molecule has 2 nitrogen and oxygen atoms in total. The van der Waals surface area contributed by atoms with Gasteiger partial charge in [0.05, 0.1) is 5.69 Å². The first-order valence-electron chi connectivity index (χ1n) is 20.4. The quantitative estimate of drug-likeness (QED) is 0.154. The van der Waals surface area contributed by atoms with E-state index in [2.05, 4.69) is 211 Å². The lowest BCUT2D eigenvalue weighted by Gasteiger charge is -2.37. The first-order valence-corrected chi connectivity index (χ1v) is 21.2. The number of hydrogen-bond acceptors (Lipinski definition) is 3. The molecule has 8 rings (SSSR count). The van der Waals surface area contributed by atoms with Gasteiger partial charge in [0, 0.05) is 43.9 Å². The van der Waals surface area contributed by atoms with Gasteiger partial charge in [-0.1, -0.05) is 165 Å². The predicted octanol–water partition coefficient (Wildman–Crippen LogP) is 15.9. The van der Waals surface area contributed by atoms with Crippen LogP contribution in [-0.2, 0) is 5.41 Å². The molecule has 3 aliphatic rings. The van der Waals surface area contributed by atoms with Crippen LogP contribution in [0.5, 0.6) is 0 Å². The Kier molecular flexibility index (Phi) is 11.0. The summed E-state index contributed by atoms with van der Waals surface area (Å²) < 4.78 is 0. The highest BCUT2D eigenvalue weighted by Crippen LogP contribution is 2.53. The van der Waals surface area contributed by atoms with Crippen LogP contribution in [0.1, 0.15) is 75.3 Å². The minimum atomic E-state index is -0.186. The second-order valence-corrected chi connectivity index (χ2v) is 17.1. The van der Waals surface area contributed by atoms with Crippen molar-refractivity contribution >= 4 is 40.5 Å². The van der Waals surface area contributed by atoms with Crippen molar-refractivity contribution < 1.29 is 0 Å². The Hall–Kier alpha value is -6.03. The lowest BCUT2D eigenvalue weighted by atomic mass is 9.73. The highest BCUT2D eigenvalue weighted by molar-refractivity contribution is 8.03. The summed E-state index contributed by atoms with van der Waals surface area (Å²) in [6, 6.07) is 37.7. The Bertz CT molecular complexity index is 2660. The largest absolute Gasteiger partial charge is 0.360 e. The van der Waals surface area contributed by atoms with Crippen LogP contribution in [-0.4, -0.2) is 0 Å². The molecule has 5 aromatic carbocycles. The Labute approximate surface area is 349 Å². The maximum Gasteiger partial charge on any atom is 0.0505 e. The first kappa shape index (κ1) is 38.8. The van der Waals surface area contributed by atoms with Crippen molar-refractivity contribution in [2.24, 2.45) is 0 Å². The third-order valence-corrected chi connectivity index (χ3v) is 12.9. The van der Waals surface area contributed by atoms with Crippen LogP contribution in [0.2, 0.25) is 0 Å². The summed E-state index contributed by atoms with van der Waals surface area (Å²) in [5.74, 6) is 0. The van der Waals surface area contributed by atoms with Crippen molar-refractivity contribution in [1.29, 1.82) is 0 Å². The van der Waals surface area contributed by atoms with Gasteiger partial charge in [-0.25, -0.2) is 0 Å². The van der Waals surface area contributed by atoms with E-state index >= 15 is 0 Å². The smallest absolute Gasteiger partial charge is 0.0505 e. The fourth-order valence-electron chi connectivity index (χ4n) is 8.62. The third-order valence-electron chi connectivity index (χ3n) is 11.7. The molecule has 58 heavy (non-hydrogen) atoms. The number of allylic oxidation sites excluding steroid dienone is 12. The van der Waals surface area contributed by atoms with Crippen LogP contribution in [0.25, 0.3) is 33.9 Å². The number of fused-ring (bicyclic) bond motifs is 3. The minimum Gasteiger partial charge on any atom is -0.360 e. The Morgan fingerprint density at radius 1 is 0.810 bits per heavy atom. The van der Waals surface area contributed by atoms with E-state index < -0.39 is 0 Å². The van der Waals surface area contributed by atoms with Gasteiger partial charge < -0.3 is 10.6 Å². The van der Waals surface area contributed by atoms with E-state index in [0.717, 1.165) is 41.0 Å². The first-order chi connectivity index (χ1) is 28.2. The Balaban J connectivity index is 1.38. The SMILES string of the molecule is C=C/C=C(\C=C/C)c1cc2c(c(-c3cccc4c3Nc3ccccc3C4(C)C)c1)SC(=C\Nc1ccc(C)cc1-c1ccccc1)/C(C1=C(C)CCC=C1)=C(C)\C=C/2. The maximum absolute atomic E-state index is 4.08. The van der Waals surface area contributed by atoms with Crippen molar-refractivity contribution in [2.45, 2.75) is 64.7 Å². The molecular weight excluding hydrogens is 721 g/mol. The Morgan fingerprint density at radius 3 is 2.40 bits per heavy atom. The molecule has 0 aromatic heterocycles. The molecule has 0 saturated heterocycles. The van der Waals surface area contributed by atoms with E-state index in [0.29, 0.717) is 0 Å². The normalized spacial score (nSPS) is 18.5. The standard InChI is InChI=1S/C55H52N2S/c1-8-18-39(19-9-2)42-33-41-30-29-38(5)52(43-23-14-13-20-37(43)4)51(35-56-49-31-28-36(3)32-45(49)40-21-11-10-12-22-40)58-54(41)46(34-42)44-24-17-26-48-53(44)57-50-27-16-15-25-47(50)55(48,6)7/h8-12,14-19,21-35,56-57H,1,13,20H2,2-7H3/b19-9-,30-29-,39-18+,51-35-,52-38-. The van der Waals surface area contributed by atoms with Gasteiger partial charge in [-0.3, -0.25) is 0 Å². The lowest BCUT2D eigenvalue weighted by molar-refractivity contribution is 0.638. The minimum absolute atomic E-state index is 0.186. The molecule has 1 aliphatic carbocycles. The van der Waals surface area contributed by atoms with Crippen LogP contribution in [0.3, 0.4) is 0 Å². The highest BCUT2D eigenvalue weighted by Gasteiger charge is 2.34. The molecule has 2 heterocycles. The predicted molar refractivity (Wildman–Crippen MR) is 254 cm³/mol. The molecule has 0 radical (unpaired) electrons. The van der Waals surface area contributed by atoms with E-state index in [1.54, 1.807) is 0 Å². The van der Waals surface area contributed by atoms with Gasteiger partial charge in [-0.15, -0.1) is 0 Å². The number of rotatable bonds is 8. The molecule has 2 N–H and O–H groups in total. The highest BCUT2D eigenvalue weighted by atomic mass is 32.2. The van der Waals surface area contributed by atoms with Crippen molar-refractivity contribution in [1.82, 2.24) is 0 Å². The number of thioether (sulfide) groups is 1. The molecule has 0 atom stereocenters. The van der Waals surface area contributed by atoms with Crippen LogP contribution >= 0.6 is 11.8 Å². The number of aryl methyl sites for hydroxylation is 1. The van der Waals surface area contributed by atoms with E-state index in [4.69, 9.17) is 0 Å². The van der Waals surface area contributed by atoms with E-state index in [-0.39, 0.29) is 5.41 Å². The van der Waals surface area contributed by atoms with Crippen molar-refractivity contribution in [2.75, 3.05) is 10.6 Å². The number of benzene rings is 5. The molecule has 0 bridgehead atoms. The Morgan fingerprint density at radius 2 is 1.60 bits per heavy atom. The van der Waals surface area contributed by atoms with E-state index in [1.165, 1.54) is 76.6 Å². The zero-order valence-corrected chi connectivity index (χ0v) is 35.4. The summed E-state index contributed by atoms with van der Waals surface area (Å²) >= 11 is 1.86. The number of nitrogens with one attached hydrogen (secondary N) is 2. The van der Waals surface area contributed by atoms with Gasteiger partial charge in [0.15, 0.2) is 0 Å². The molecule has 3 heteroatoms. The van der Waals surface area contributed by atoms with Gasteiger partial charge in [0.2, 0.25) is 0 Å². The molecule has 288 valence electrons. The number of anilines is 3. The monoisotopic (exact) mass is 772 g/mol.